The van der Waals surface area contributed by atoms with Crippen molar-refractivity contribution in [3.63, 3.8) is 0 Å². The van der Waals surface area contributed by atoms with Crippen LogP contribution in [0.3, 0.4) is 0 Å². The van der Waals surface area contributed by atoms with Gasteiger partial charge in [-0.2, -0.15) is 0 Å². The highest BCUT2D eigenvalue weighted by atomic mass is 19.3. The second kappa shape index (κ2) is 10.7. The SMILES string of the molecule is CC.CCc1c(C(C)C)cc(N)c(F)c1C.FCF. The Morgan fingerprint density at radius 1 is 1.21 bits per heavy atom. The summed E-state index contributed by atoms with van der Waals surface area (Å²) in [4.78, 5) is 0. The van der Waals surface area contributed by atoms with E-state index in [1.807, 2.05) is 20.8 Å². The molecule has 0 aliphatic heterocycles. The van der Waals surface area contributed by atoms with Crippen molar-refractivity contribution in [3.05, 3.63) is 28.6 Å². The minimum atomic E-state index is -1.75. The van der Waals surface area contributed by atoms with Crippen LogP contribution in [0.25, 0.3) is 0 Å². The van der Waals surface area contributed by atoms with E-state index in [9.17, 15) is 13.2 Å². The van der Waals surface area contributed by atoms with Gasteiger partial charge in [0.15, 0.2) is 0 Å². The molecule has 0 saturated heterocycles. The summed E-state index contributed by atoms with van der Waals surface area (Å²) in [5.41, 5.74) is 8.85. The maximum absolute atomic E-state index is 13.5. The molecule has 0 aliphatic carbocycles. The van der Waals surface area contributed by atoms with Crippen molar-refractivity contribution in [1.82, 2.24) is 0 Å². The number of hydrogen-bond acceptors (Lipinski definition) is 1. The molecule has 19 heavy (non-hydrogen) atoms. The smallest absolute Gasteiger partial charge is 0.229 e. The maximum atomic E-state index is 13.5. The van der Waals surface area contributed by atoms with Crippen LogP contribution >= 0.6 is 0 Å². The Morgan fingerprint density at radius 3 is 1.95 bits per heavy atom. The minimum absolute atomic E-state index is 0.258. The quantitative estimate of drug-likeness (QED) is 0.728. The molecular weight excluding hydrogens is 251 g/mol. The number of anilines is 1. The van der Waals surface area contributed by atoms with Gasteiger partial charge in [0.05, 0.1) is 5.69 Å². The van der Waals surface area contributed by atoms with Gasteiger partial charge in [0, 0.05) is 0 Å². The van der Waals surface area contributed by atoms with Gasteiger partial charge in [-0.25, -0.2) is 13.2 Å². The van der Waals surface area contributed by atoms with E-state index in [2.05, 4.69) is 13.8 Å². The van der Waals surface area contributed by atoms with Crippen molar-refractivity contribution < 1.29 is 13.2 Å². The van der Waals surface area contributed by atoms with Crippen LogP contribution in [0, 0.1) is 12.7 Å². The highest BCUT2D eigenvalue weighted by Crippen LogP contribution is 2.28. The van der Waals surface area contributed by atoms with Gasteiger partial charge in [-0.1, -0.05) is 34.6 Å². The molecule has 1 aromatic carbocycles. The fourth-order valence-corrected chi connectivity index (χ4v) is 1.87. The van der Waals surface area contributed by atoms with Crippen LogP contribution in [0.5, 0.6) is 0 Å². The Bertz CT molecular complexity index is 363. The number of nitrogens with two attached hydrogens (primary N) is 1. The van der Waals surface area contributed by atoms with Crippen molar-refractivity contribution in [2.45, 2.75) is 53.9 Å². The Hall–Kier alpha value is -1.19. The summed E-state index contributed by atoms with van der Waals surface area (Å²) in [7, 11) is 0. The summed E-state index contributed by atoms with van der Waals surface area (Å²) < 4.78 is 32.7. The molecule has 1 rings (SSSR count). The summed E-state index contributed by atoms with van der Waals surface area (Å²) in [5, 5.41) is 0. The van der Waals surface area contributed by atoms with E-state index < -0.39 is 6.93 Å². The summed E-state index contributed by atoms with van der Waals surface area (Å²) in [6.07, 6.45) is 0.858. The number of alkyl halides is 2. The first-order valence-electron chi connectivity index (χ1n) is 6.59. The lowest BCUT2D eigenvalue weighted by Crippen LogP contribution is -2.04. The number of nitrogen functional groups attached to an aromatic ring is 1. The molecule has 0 fully saturated rings. The van der Waals surface area contributed by atoms with E-state index in [4.69, 9.17) is 5.73 Å². The molecule has 0 atom stereocenters. The molecule has 1 aromatic rings. The molecule has 0 heterocycles. The first kappa shape index (κ1) is 20.1. The lowest BCUT2D eigenvalue weighted by Gasteiger charge is -2.16. The van der Waals surface area contributed by atoms with Gasteiger partial charge in [-0.15, -0.1) is 0 Å². The third-order valence-corrected chi connectivity index (χ3v) is 2.67. The topological polar surface area (TPSA) is 26.0 Å². The van der Waals surface area contributed by atoms with Gasteiger partial charge in [0.25, 0.3) is 0 Å². The standard InChI is InChI=1S/C12H18FN.C2H6.CH2F2/c1-5-9-8(4)12(13)11(14)6-10(9)7(2)3;1-2;2-1-3/h6-7H,5,14H2,1-4H3;1-2H3;1H2. The number of benzene rings is 1. The summed E-state index contributed by atoms with van der Waals surface area (Å²) in [6, 6.07) is 1.77. The highest BCUT2D eigenvalue weighted by molar-refractivity contribution is 5.51. The summed E-state index contributed by atoms with van der Waals surface area (Å²) in [6.45, 7) is 10.3. The first-order chi connectivity index (χ1) is 8.90. The lowest BCUT2D eigenvalue weighted by atomic mass is 9.91. The van der Waals surface area contributed by atoms with E-state index in [0.717, 1.165) is 12.0 Å². The monoisotopic (exact) mass is 277 g/mol. The summed E-state index contributed by atoms with van der Waals surface area (Å²) >= 11 is 0. The van der Waals surface area contributed by atoms with E-state index in [0.29, 0.717) is 11.5 Å². The Kier molecular flexibility index (Phi) is 11.3. The Labute approximate surface area is 115 Å². The predicted octanol–water partition coefficient (Wildman–Crippen LogP) is 5.31. The average molecular weight is 277 g/mol. The molecule has 0 aromatic heterocycles. The number of rotatable bonds is 2. The van der Waals surface area contributed by atoms with E-state index in [1.165, 1.54) is 5.56 Å². The van der Waals surface area contributed by atoms with Gasteiger partial charge in [-0.05, 0) is 42.0 Å². The minimum Gasteiger partial charge on any atom is -0.396 e. The third-order valence-electron chi connectivity index (χ3n) is 2.67. The number of halogens is 3. The van der Waals surface area contributed by atoms with Gasteiger partial charge in [0.2, 0.25) is 6.93 Å². The largest absolute Gasteiger partial charge is 0.396 e. The molecule has 0 spiro atoms. The van der Waals surface area contributed by atoms with Gasteiger partial charge in [0.1, 0.15) is 5.82 Å². The van der Waals surface area contributed by atoms with Gasteiger partial charge >= 0.3 is 0 Å². The van der Waals surface area contributed by atoms with Crippen LogP contribution in [-0.4, -0.2) is 6.93 Å². The fraction of sp³-hybridized carbons (Fsp3) is 0.600. The Morgan fingerprint density at radius 2 is 1.63 bits per heavy atom. The molecule has 4 heteroatoms. The summed E-state index contributed by atoms with van der Waals surface area (Å²) in [5.74, 6) is 0.137. The fourth-order valence-electron chi connectivity index (χ4n) is 1.87. The van der Waals surface area contributed by atoms with Crippen molar-refractivity contribution in [2.75, 3.05) is 12.7 Å². The highest BCUT2D eigenvalue weighted by Gasteiger charge is 2.13. The predicted molar refractivity (Wildman–Crippen MR) is 77.4 cm³/mol. The lowest BCUT2D eigenvalue weighted by molar-refractivity contribution is 0.295. The zero-order chi connectivity index (χ0) is 15.6. The molecule has 0 radical (unpaired) electrons. The second-order valence-corrected chi connectivity index (χ2v) is 4.08. The molecule has 0 amide bonds. The average Bonchev–Trinajstić information content (AvgIpc) is 2.38. The van der Waals surface area contributed by atoms with E-state index in [-0.39, 0.29) is 11.5 Å². The zero-order valence-electron chi connectivity index (χ0n) is 12.8. The normalized spacial score (nSPS) is 9.37. The molecule has 0 unspecified atom stereocenters. The molecule has 0 aliphatic rings. The molecule has 0 saturated carbocycles. The van der Waals surface area contributed by atoms with Crippen LogP contribution in [0.1, 0.15) is 57.2 Å². The van der Waals surface area contributed by atoms with Crippen LogP contribution in [0.4, 0.5) is 18.9 Å². The molecular formula is C15H26F3N. The van der Waals surface area contributed by atoms with Crippen LogP contribution in [0.15, 0.2) is 6.07 Å². The molecule has 112 valence electrons. The van der Waals surface area contributed by atoms with Crippen molar-refractivity contribution in [3.8, 4) is 0 Å². The van der Waals surface area contributed by atoms with E-state index in [1.54, 1.807) is 13.0 Å². The van der Waals surface area contributed by atoms with Crippen LogP contribution < -0.4 is 5.73 Å². The van der Waals surface area contributed by atoms with E-state index >= 15 is 0 Å². The molecule has 1 nitrogen and oxygen atoms in total. The second-order valence-electron chi connectivity index (χ2n) is 4.08. The van der Waals surface area contributed by atoms with Crippen molar-refractivity contribution in [2.24, 2.45) is 0 Å². The maximum Gasteiger partial charge on any atom is 0.229 e. The third kappa shape index (κ3) is 5.99. The van der Waals surface area contributed by atoms with Crippen molar-refractivity contribution >= 4 is 5.69 Å². The zero-order valence-corrected chi connectivity index (χ0v) is 12.8. The molecule has 2 N–H and O–H groups in total. The number of hydrogen-bond donors (Lipinski definition) is 1. The Balaban J connectivity index is 0. The van der Waals surface area contributed by atoms with Gasteiger partial charge < -0.3 is 5.73 Å². The van der Waals surface area contributed by atoms with Gasteiger partial charge in [-0.3, -0.25) is 0 Å². The molecule has 0 bridgehead atoms. The first-order valence-corrected chi connectivity index (χ1v) is 6.59. The van der Waals surface area contributed by atoms with Crippen molar-refractivity contribution in [1.29, 1.82) is 0 Å². The van der Waals surface area contributed by atoms with Crippen LogP contribution in [-0.2, 0) is 6.42 Å². The van der Waals surface area contributed by atoms with Crippen LogP contribution in [0.2, 0.25) is 0 Å².